The Bertz CT molecular complexity index is 972. The molecule has 11 heteroatoms. The number of nitrogens with zero attached hydrogens (tertiary/aromatic N) is 3. The topological polar surface area (TPSA) is 114 Å². The molecule has 1 aliphatic heterocycles. The van der Waals surface area contributed by atoms with Gasteiger partial charge in [-0.2, -0.15) is 0 Å². The molecule has 1 atom stereocenters. The molecule has 1 saturated heterocycles. The van der Waals surface area contributed by atoms with Gasteiger partial charge in [0.1, 0.15) is 5.75 Å². The third-order valence-electron chi connectivity index (χ3n) is 4.35. The van der Waals surface area contributed by atoms with E-state index < -0.39 is 5.92 Å². The SMILES string of the molecule is COc1ccccc1N1CC(C(=O)Nc2nnc(SCC(=O)NC(C)(C)C)s2)CC1=O. The number of hydrogen-bond acceptors (Lipinski definition) is 8. The van der Waals surface area contributed by atoms with Gasteiger partial charge in [-0.15, -0.1) is 10.2 Å². The van der Waals surface area contributed by atoms with Crippen LogP contribution in [0.15, 0.2) is 28.6 Å². The summed E-state index contributed by atoms with van der Waals surface area (Å²) in [5, 5.41) is 13.9. The number of ether oxygens (including phenoxy) is 1. The lowest BCUT2D eigenvalue weighted by Gasteiger charge is -2.19. The minimum atomic E-state index is -0.505. The van der Waals surface area contributed by atoms with Crippen LogP contribution in [0, 0.1) is 5.92 Å². The first-order valence-electron chi connectivity index (χ1n) is 9.68. The summed E-state index contributed by atoms with van der Waals surface area (Å²) in [7, 11) is 1.54. The molecule has 3 rings (SSSR count). The van der Waals surface area contributed by atoms with Crippen LogP contribution in [0.5, 0.6) is 5.75 Å². The third kappa shape index (κ3) is 6.17. The van der Waals surface area contributed by atoms with Gasteiger partial charge in [-0.25, -0.2) is 0 Å². The molecule has 1 fully saturated rings. The van der Waals surface area contributed by atoms with Crippen LogP contribution in [0.3, 0.4) is 0 Å². The van der Waals surface area contributed by atoms with Crippen molar-refractivity contribution in [2.45, 2.75) is 37.1 Å². The number of benzene rings is 1. The summed E-state index contributed by atoms with van der Waals surface area (Å²) < 4.78 is 5.91. The van der Waals surface area contributed by atoms with Gasteiger partial charge in [0.25, 0.3) is 0 Å². The van der Waals surface area contributed by atoms with Gasteiger partial charge < -0.3 is 20.3 Å². The summed E-state index contributed by atoms with van der Waals surface area (Å²) in [5.41, 5.74) is 0.349. The molecule has 1 aromatic heterocycles. The highest BCUT2D eigenvalue weighted by molar-refractivity contribution is 8.01. The van der Waals surface area contributed by atoms with Crippen LogP contribution in [0.1, 0.15) is 27.2 Å². The second-order valence-corrected chi connectivity index (χ2v) is 10.2. The predicted octanol–water partition coefficient (Wildman–Crippen LogP) is 2.55. The fraction of sp³-hybridized carbons (Fsp3) is 0.450. The molecule has 0 aliphatic carbocycles. The van der Waals surface area contributed by atoms with Crippen molar-refractivity contribution in [2.75, 3.05) is 29.6 Å². The Morgan fingerprint density at radius 3 is 2.74 bits per heavy atom. The van der Waals surface area contributed by atoms with E-state index in [4.69, 9.17) is 4.74 Å². The lowest BCUT2D eigenvalue weighted by molar-refractivity contribution is -0.122. The summed E-state index contributed by atoms with van der Waals surface area (Å²) in [6.07, 6.45) is 0.108. The number of carbonyl (C=O) groups is 3. The van der Waals surface area contributed by atoms with Crippen LogP contribution in [0.2, 0.25) is 0 Å². The molecule has 3 amide bonds. The van der Waals surface area contributed by atoms with E-state index in [0.29, 0.717) is 20.9 Å². The van der Waals surface area contributed by atoms with Crippen molar-refractivity contribution >= 4 is 51.6 Å². The average molecular weight is 464 g/mol. The first kappa shape index (κ1) is 23.0. The quantitative estimate of drug-likeness (QED) is 0.479. The normalized spacial score (nSPS) is 16.3. The molecule has 2 heterocycles. The van der Waals surface area contributed by atoms with Crippen LogP contribution in [0.4, 0.5) is 10.8 Å². The van der Waals surface area contributed by atoms with Crippen molar-refractivity contribution in [3.63, 3.8) is 0 Å². The molecule has 166 valence electrons. The fourth-order valence-electron chi connectivity index (χ4n) is 3.08. The zero-order chi connectivity index (χ0) is 22.6. The minimum Gasteiger partial charge on any atom is -0.495 e. The number of anilines is 2. The Morgan fingerprint density at radius 2 is 2.03 bits per heavy atom. The van der Waals surface area contributed by atoms with Crippen molar-refractivity contribution in [3.05, 3.63) is 24.3 Å². The van der Waals surface area contributed by atoms with E-state index in [1.165, 1.54) is 23.1 Å². The Hall–Kier alpha value is -2.66. The lowest BCUT2D eigenvalue weighted by Crippen LogP contribution is -2.41. The second-order valence-electron chi connectivity index (χ2n) is 8.03. The van der Waals surface area contributed by atoms with E-state index >= 15 is 0 Å². The molecule has 1 aliphatic rings. The summed E-state index contributed by atoms with van der Waals surface area (Å²) in [5.74, 6) is -0.232. The fourth-order valence-corrected chi connectivity index (χ4v) is 4.63. The number of carbonyl (C=O) groups excluding carboxylic acids is 3. The van der Waals surface area contributed by atoms with E-state index in [2.05, 4.69) is 20.8 Å². The monoisotopic (exact) mass is 463 g/mol. The van der Waals surface area contributed by atoms with Gasteiger partial charge in [-0.1, -0.05) is 35.2 Å². The smallest absolute Gasteiger partial charge is 0.231 e. The molecule has 0 radical (unpaired) electrons. The van der Waals surface area contributed by atoms with Gasteiger partial charge in [0.2, 0.25) is 22.9 Å². The molecular weight excluding hydrogens is 438 g/mol. The highest BCUT2D eigenvalue weighted by atomic mass is 32.2. The van der Waals surface area contributed by atoms with Gasteiger partial charge in [-0.3, -0.25) is 14.4 Å². The van der Waals surface area contributed by atoms with Gasteiger partial charge in [-0.05, 0) is 32.9 Å². The zero-order valence-corrected chi connectivity index (χ0v) is 19.4. The molecule has 1 unspecified atom stereocenters. The van der Waals surface area contributed by atoms with Crippen LogP contribution in [-0.2, 0) is 14.4 Å². The molecule has 2 aromatic rings. The van der Waals surface area contributed by atoms with Crippen LogP contribution in [-0.4, -0.2) is 52.9 Å². The molecular formula is C20H25N5O4S2. The number of amides is 3. The number of nitrogens with one attached hydrogen (secondary N) is 2. The standard InChI is InChI=1S/C20H25N5O4S2/c1-20(2,3)22-15(26)11-30-19-24-23-18(31-19)21-17(28)12-9-16(27)25(10-12)13-7-5-6-8-14(13)29-4/h5-8,12H,9-11H2,1-4H3,(H,22,26)(H,21,23,28). The first-order valence-corrected chi connectivity index (χ1v) is 11.5. The van der Waals surface area contributed by atoms with Crippen LogP contribution >= 0.6 is 23.1 Å². The van der Waals surface area contributed by atoms with Gasteiger partial charge in [0.15, 0.2) is 4.34 Å². The molecule has 0 spiro atoms. The van der Waals surface area contributed by atoms with Crippen molar-refractivity contribution in [3.8, 4) is 5.75 Å². The van der Waals surface area contributed by atoms with Gasteiger partial charge in [0, 0.05) is 18.5 Å². The highest BCUT2D eigenvalue weighted by Gasteiger charge is 2.36. The Kier molecular flexibility index (Phi) is 7.16. The predicted molar refractivity (Wildman–Crippen MR) is 121 cm³/mol. The Balaban J connectivity index is 1.55. The van der Waals surface area contributed by atoms with E-state index in [9.17, 15) is 14.4 Å². The lowest BCUT2D eigenvalue weighted by atomic mass is 10.1. The number of hydrogen-bond donors (Lipinski definition) is 2. The van der Waals surface area contributed by atoms with E-state index in [0.717, 1.165) is 0 Å². The number of thioether (sulfide) groups is 1. The average Bonchev–Trinajstić information content (AvgIpc) is 3.31. The molecule has 0 bridgehead atoms. The number of rotatable bonds is 7. The molecule has 1 aromatic carbocycles. The van der Waals surface area contributed by atoms with Crippen molar-refractivity contribution in [2.24, 2.45) is 5.92 Å². The van der Waals surface area contributed by atoms with Crippen molar-refractivity contribution in [1.29, 1.82) is 0 Å². The molecule has 2 N–H and O–H groups in total. The van der Waals surface area contributed by atoms with Gasteiger partial charge >= 0.3 is 0 Å². The number of para-hydroxylation sites is 2. The summed E-state index contributed by atoms with van der Waals surface area (Å²) >= 11 is 2.45. The minimum absolute atomic E-state index is 0.0980. The molecule has 31 heavy (non-hydrogen) atoms. The molecule has 9 nitrogen and oxygen atoms in total. The summed E-state index contributed by atoms with van der Waals surface area (Å²) in [6.45, 7) is 6.00. The maximum Gasteiger partial charge on any atom is 0.231 e. The number of methoxy groups -OCH3 is 1. The third-order valence-corrected chi connectivity index (χ3v) is 6.32. The zero-order valence-electron chi connectivity index (χ0n) is 17.8. The number of aromatic nitrogens is 2. The van der Waals surface area contributed by atoms with E-state index in [-0.39, 0.29) is 42.0 Å². The maximum atomic E-state index is 12.7. The second kappa shape index (κ2) is 9.65. The van der Waals surface area contributed by atoms with Crippen molar-refractivity contribution in [1.82, 2.24) is 15.5 Å². The van der Waals surface area contributed by atoms with E-state index in [1.807, 2.05) is 32.9 Å². The maximum absolute atomic E-state index is 12.7. The van der Waals surface area contributed by atoms with E-state index in [1.54, 1.807) is 24.1 Å². The highest BCUT2D eigenvalue weighted by Crippen LogP contribution is 2.33. The van der Waals surface area contributed by atoms with Crippen LogP contribution < -0.4 is 20.3 Å². The summed E-state index contributed by atoms with van der Waals surface area (Å²) in [4.78, 5) is 38.6. The summed E-state index contributed by atoms with van der Waals surface area (Å²) in [6, 6.07) is 7.21. The first-order chi connectivity index (χ1) is 14.7. The Labute approximate surface area is 188 Å². The van der Waals surface area contributed by atoms with Crippen LogP contribution in [0.25, 0.3) is 0 Å². The molecule has 0 saturated carbocycles. The van der Waals surface area contributed by atoms with Gasteiger partial charge in [0.05, 0.1) is 24.5 Å². The Morgan fingerprint density at radius 1 is 1.29 bits per heavy atom. The largest absolute Gasteiger partial charge is 0.495 e. The van der Waals surface area contributed by atoms with Crippen molar-refractivity contribution < 1.29 is 19.1 Å².